The molecule has 0 bridgehead atoms. The third-order valence-electron chi connectivity index (χ3n) is 6.36. The molecule has 0 fully saturated rings. The highest BCUT2D eigenvalue weighted by molar-refractivity contribution is 6.00. The van der Waals surface area contributed by atoms with Crippen LogP contribution >= 0.6 is 0 Å². The number of carboxylic acid groups (broad SMARTS) is 1. The number of carboxylic acids is 1. The minimum absolute atomic E-state index is 0.0311. The SMILES string of the molecule is CC(C)(C)C(=O)Oc1ccc2c(c1)Oc1cc(NC(=O)C(F)(F)F)ccc1C21OC(=O)c2cc(C(=O)O)ccc21. The van der Waals surface area contributed by atoms with Crippen molar-refractivity contribution < 1.29 is 51.7 Å². The summed E-state index contributed by atoms with van der Waals surface area (Å²) in [6.07, 6.45) is -5.14. The van der Waals surface area contributed by atoms with Crippen LogP contribution < -0.4 is 14.8 Å². The maximum Gasteiger partial charge on any atom is 0.471 e. The number of fused-ring (bicyclic) bond motifs is 6. The largest absolute Gasteiger partial charge is 0.478 e. The second-order valence-electron chi connectivity index (χ2n) is 10.2. The fraction of sp³-hybridized carbons (Fsp3) is 0.214. The van der Waals surface area contributed by atoms with Gasteiger partial charge in [0.1, 0.15) is 17.2 Å². The van der Waals surface area contributed by atoms with Gasteiger partial charge in [-0.15, -0.1) is 0 Å². The van der Waals surface area contributed by atoms with Crippen LogP contribution in [0.5, 0.6) is 17.2 Å². The Morgan fingerprint density at radius 3 is 2.15 bits per heavy atom. The first kappa shape index (κ1) is 26.7. The summed E-state index contributed by atoms with van der Waals surface area (Å²) in [5.41, 5.74) is -2.20. The number of anilines is 1. The smallest absolute Gasteiger partial charge is 0.471 e. The van der Waals surface area contributed by atoms with Gasteiger partial charge in [0.15, 0.2) is 5.60 Å². The van der Waals surface area contributed by atoms with Crippen molar-refractivity contribution in [3.8, 4) is 17.2 Å². The molecule has 0 radical (unpaired) electrons. The summed E-state index contributed by atoms with van der Waals surface area (Å²) in [6, 6.07) is 11.9. The number of ether oxygens (including phenoxy) is 3. The number of carbonyl (C=O) groups is 4. The molecule has 0 saturated heterocycles. The van der Waals surface area contributed by atoms with Crippen molar-refractivity contribution in [2.45, 2.75) is 32.5 Å². The molecule has 1 amide bonds. The molecule has 2 N–H and O–H groups in total. The summed E-state index contributed by atoms with van der Waals surface area (Å²) in [4.78, 5) is 48.6. The predicted octanol–water partition coefficient (Wildman–Crippen LogP) is 5.41. The average Bonchev–Trinajstić information content (AvgIpc) is 3.14. The summed E-state index contributed by atoms with van der Waals surface area (Å²) in [6.45, 7) is 4.98. The van der Waals surface area contributed by atoms with Crippen molar-refractivity contribution in [1.82, 2.24) is 0 Å². The highest BCUT2D eigenvalue weighted by atomic mass is 19.4. The van der Waals surface area contributed by atoms with Crippen LogP contribution in [0, 0.1) is 5.41 Å². The van der Waals surface area contributed by atoms with E-state index >= 15 is 0 Å². The molecule has 3 aromatic carbocycles. The normalized spacial score (nSPS) is 17.2. The number of halogens is 3. The van der Waals surface area contributed by atoms with Gasteiger partial charge in [0, 0.05) is 34.5 Å². The van der Waals surface area contributed by atoms with Crippen LogP contribution in [0.4, 0.5) is 18.9 Å². The number of amides is 1. The minimum atomic E-state index is -5.14. The van der Waals surface area contributed by atoms with Crippen LogP contribution in [0.25, 0.3) is 0 Å². The molecule has 9 nitrogen and oxygen atoms in total. The van der Waals surface area contributed by atoms with E-state index in [1.54, 1.807) is 26.1 Å². The first-order valence-corrected chi connectivity index (χ1v) is 11.8. The van der Waals surface area contributed by atoms with Gasteiger partial charge in [0.25, 0.3) is 0 Å². The van der Waals surface area contributed by atoms with E-state index in [0.29, 0.717) is 0 Å². The lowest BCUT2D eigenvalue weighted by molar-refractivity contribution is -0.167. The topological polar surface area (TPSA) is 128 Å². The molecule has 1 atom stereocenters. The minimum Gasteiger partial charge on any atom is -0.478 e. The number of alkyl halides is 3. The second kappa shape index (κ2) is 8.83. The van der Waals surface area contributed by atoms with E-state index in [1.165, 1.54) is 48.5 Å². The molecule has 0 saturated carbocycles. The molecule has 40 heavy (non-hydrogen) atoms. The van der Waals surface area contributed by atoms with Gasteiger partial charge in [-0.05, 0) is 57.2 Å². The maximum atomic E-state index is 13.1. The molecule has 12 heteroatoms. The van der Waals surface area contributed by atoms with Gasteiger partial charge in [0.2, 0.25) is 0 Å². The monoisotopic (exact) mass is 555 g/mol. The molecule has 2 heterocycles. The van der Waals surface area contributed by atoms with Crippen LogP contribution in [-0.4, -0.2) is 35.1 Å². The van der Waals surface area contributed by atoms with Crippen molar-refractivity contribution in [3.63, 3.8) is 0 Å². The van der Waals surface area contributed by atoms with E-state index in [-0.39, 0.29) is 50.8 Å². The molecule has 0 aliphatic carbocycles. The Labute approximate surface area is 224 Å². The third-order valence-corrected chi connectivity index (χ3v) is 6.36. The lowest BCUT2D eigenvalue weighted by atomic mass is 9.77. The van der Waals surface area contributed by atoms with E-state index in [1.807, 2.05) is 0 Å². The number of hydrogen-bond acceptors (Lipinski definition) is 7. The first-order valence-electron chi connectivity index (χ1n) is 11.8. The molecule has 1 spiro atoms. The van der Waals surface area contributed by atoms with Crippen molar-refractivity contribution in [3.05, 3.63) is 82.4 Å². The number of carbonyl (C=O) groups excluding carboxylic acids is 3. The van der Waals surface area contributed by atoms with Crippen LogP contribution in [0.3, 0.4) is 0 Å². The third kappa shape index (κ3) is 4.31. The van der Waals surface area contributed by atoms with Gasteiger partial charge < -0.3 is 24.6 Å². The van der Waals surface area contributed by atoms with Crippen molar-refractivity contribution in [1.29, 1.82) is 0 Å². The van der Waals surface area contributed by atoms with E-state index in [4.69, 9.17) is 14.2 Å². The first-order chi connectivity index (χ1) is 18.6. The predicted molar refractivity (Wildman–Crippen MR) is 131 cm³/mol. The Balaban J connectivity index is 1.69. The Hall–Kier alpha value is -4.87. The van der Waals surface area contributed by atoms with Crippen LogP contribution in [0.15, 0.2) is 54.6 Å². The average molecular weight is 555 g/mol. The Kier molecular flexibility index (Phi) is 5.90. The summed E-state index contributed by atoms with van der Waals surface area (Å²) >= 11 is 0. The van der Waals surface area contributed by atoms with Gasteiger partial charge >= 0.3 is 30.0 Å². The van der Waals surface area contributed by atoms with Crippen molar-refractivity contribution in [2.24, 2.45) is 5.41 Å². The zero-order valence-corrected chi connectivity index (χ0v) is 21.1. The van der Waals surface area contributed by atoms with Gasteiger partial charge in [-0.2, -0.15) is 13.2 Å². The lowest BCUT2D eigenvalue weighted by Gasteiger charge is -2.36. The molecule has 2 aliphatic heterocycles. The van der Waals surface area contributed by atoms with Gasteiger partial charge in [-0.3, -0.25) is 9.59 Å². The molecule has 206 valence electrons. The van der Waals surface area contributed by atoms with Crippen LogP contribution in [-0.2, 0) is 19.9 Å². The molecule has 3 aromatic rings. The lowest BCUT2D eigenvalue weighted by Crippen LogP contribution is -2.33. The molecule has 2 aliphatic rings. The van der Waals surface area contributed by atoms with Crippen molar-refractivity contribution >= 4 is 29.5 Å². The molecule has 5 rings (SSSR count). The second-order valence-corrected chi connectivity index (χ2v) is 10.2. The van der Waals surface area contributed by atoms with Gasteiger partial charge in [-0.1, -0.05) is 6.07 Å². The fourth-order valence-electron chi connectivity index (χ4n) is 4.44. The Bertz CT molecular complexity index is 1540. The standard InChI is InChI=1S/C28H20F3NO8/c1-26(2,3)25(37)38-15-6-9-19-21(12-15)39-20-11-14(32-24(36)28(29,30)31)5-8-18(20)27(19)17-7-4-13(22(33)34)10-16(17)23(35)40-27/h4-12H,1-3H3,(H,32,36)(H,33,34). The van der Waals surface area contributed by atoms with E-state index in [2.05, 4.69) is 0 Å². The van der Waals surface area contributed by atoms with E-state index < -0.39 is 41.0 Å². The zero-order valence-electron chi connectivity index (χ0n) is 21.1. The number of rotatable bonds is 3. The highest BCUT2D eigenvalue weighted by Crippen LogP contribution is 2.57. The van der Waals surface area contributed by atoms with Crippen molar-refractivity contribution in [2.75, 3.05) is 5.32 Å². The summed E-state index contributed by atoms with van der Waals surface area (Å²) in [7, 11) is 0. The number of benzene rings is 3. The Morgan fingerprint density at radius 2 is 1.52 bits per heavy atom. The van der Waals surface area contributed by atoms with Gasteiger partial charge in [0.05, 0.1) is 16.5 Å². The maximum absolute atomic E-state index is 13.1. The fourth-order valence-corrected chi connectivity index (χ4v) is 4.44. The molecule has 0 aromatic heterocycles. The summed E-state index contributed by atoms with van der Waals surface area (Å²) in [5, 5.41) is 11.2. The Morgan fingerprint density at radius 1 is 0.900 bits per heavy atom. The number of aromatic carboxylic acids is 1. The molecular weight excluding hydrogens is 535 g/mol. The molecular formula is C28H20F3NO8. The van der Waals surface area contributed by atoms with Crippen LogP contribution in [0.1, 0.15) is 58.2 Å². The van der Waals surface area contributed by atoms with E-state index in [0.717, 1.165) is 6.07 Å². The highest BCUT2D eigenvalue weighted by Gasteiger charge is 2.54. The zero-order chi connectivity index (χ0) is 29.2. The molecule has 1 unspecified atom stereocenters. The van der Waals surface area contributed by atoms with Gasteiger partial charge in [-0.25, -0.2) is 9.59 Å². The van der Waals surface area contributed by atoms with Crippen LogP contribution in [0.2, 0.25) is 0 Å². The summed E-state index contributed by atoms with van der Waals surface area (Å²) < 4.78 is 55.9. The summed E-state index contributed by atoms with van der Waals surface area (Å²) in [5.74, 6) is -4.77. The number of hydrogen-bond donors (Lipinski definition) is 2. The number of nitrogens with one attached hydrogen (secondary N) is 1. The number of esters is 2. The quantitative estimate of drug-likeness (QED) is 0.325. The van der Waals surface area contributed by atoms with E-state index in [9.17, 15) is 37.5 Å².